The Morgan fingerprint density at radius 2 is 1.81 bits per heavy atom. The van der Waals surface area contributed by atoms with E-state index in [1.807, 2.05) is 0 Å². The Hall–Kier alpha value is -3.76. The van der Waals surface area contributed by atoms with Crippen molar-refractivity contribution in [2.24, 2.45) is 0 Å². The summed E-state index contributed by atoms with van der Waals surface area (Å²) in [6, 6.07) is 12.6. The Bertz CT molecular complexity index is 1500. The Morgan fingerprint density at radius 1 is 1.06 bits per heavy atom. The summed E-state index contributed by atoms with van der Waals surface area (Å²) >= 11 is 5.88. The van der Waals surface area contributed by atoms with Gasteiger partial charge in [-0.15, -0.1) is 0 Å². The topological polar surface area (TPSA) is 131 Å². The molecule has 0 atom stereocenters. The molecule has 162 valence electrons. The van der Waals surface area contributed by atoms with Gasteiger partial charge in [-0.05, 0) is 55.5 Å². The summed E-state index contributed by atoms with van der Waals surface area (Å²) in [4.78, 5) is 32.6. The highest BCUT2D eigenvalue weighted by Crippen LogP contribution is 2.20. The minimum absolute atomic E-state index is 0.0463. The van der Waals surface area contributed by atoms with E-state index in [-0.39, 0.29) is 27.6 Å². The molecule has 0 spiro atoms. The van der Waals surface area contributed by atoms with E-state index >= 15 is 0 Å². The molecule has 0 saturated heterocycles. The van der Waals surface area contributed by atoms with Crippen LogP contribution in [0, 0.1) is 6.92 Å². The molecule has 2 aromatic carbocycles. The molecule has 0 bridgehead atoms. The molecule has 11 heteroatoms. The average molecular weight is 471 g/mol. The minimum atomic E-state index is -3.92. The number of anilines is 2. The maximum Gasteiger partial charge on any atom is 0.291 e. The number of hydrogen-bond acceptors (Lipinski definition) is 7. The molecule has 9 nitrogen and oxygen atoms in total. The van der Waals surface area contributed by atoms with Gasteiger partial charge in [0.2, 0.25) is 5.95 Å². The number of hydrogen-bond donors (Lipinski definition) is 2. The monoisotopic (exact) mass is 470 g/mol. The Kier molecular flexibility index (Phi) is 5.64. The van der Waals surface area contributed by atoms with E-state index in [1.165, 1.54) is 42.6 Å². The standard InChI is InChI=1S/C21H15ClN4O5S/c1-12-8-9-23-21(24-12)26-32(29,30)15-5-3-14(4-6-15)25-20(28)19-11-17(27)16-10-13(22)2-7-18(16)31-19/h2-11H,1H3,(H,25,28)(H,23,24,26). The second kappa shape index (κ2) is 8.40. The molecule has 0 aliphatic carbocycles. The van der Waals surface area contributed by atoms with Crippen molar-refractivity contribution in [1.29, 1.82) is 0 Å². The number of nitrogens with one attached hydrogen (secondary N) is 2. The summed E-state index contributed by atoms with van der Waals surface area (Å²) in [5, 5.41) is 3.19. The van der Waals surface area contributed by atoms with Crippen LogP contribution in [0.25, 0.3) is 11.0 Å². The Morgan fingerprint density at radius 3 is 2.53 bits per heavy atom. The second-order valence-electron chi connectivity index (χ2n) is 6.72. The van der Waals surface area contributed by atoms with Gasteiger partial charge in [0.15, 0.2) is 11.2 Å². The molecule has 0 radical (unpaired) electrons. The molecule has 1 amide bonds. The normalized spacial score (nSPS) is 11.3. The molecule has 2 N–H and O–H groups in total. The number of benzene rings is 2. The van der Waals surface area contributed by atoms with Crippen molar-refractivity contribution >= 4 is 50.1 Å². The van der Waals surface area contributed by atoms with Crippen LogP contribution in [0.5, 0.6) is 0 Å². The Labute approximate surface area is 187 Å². The largest absolute Gasteiger partial charge is 0.451 e. The van der Waals surface area contributed by atoms with E-state index in [0.717, 1.165) is 6.07 Å². The first-order chi connectivity index (χ1) is 15.2. The van der Waals surface area contributed by atoms with E-state index in [2.05, 4.69) is 20.0 Å². The van der Waals surface area contributed by atoms with E-state index in [0.29, 0.717) is 16.4 Å². The quantitative estimate of drug-likeness (QED) is 0.455. The van der Waals surface area contributed by atoms with E-state index in [4.69, 9.17) is 16.0 Å². The number of rotatable bonds is 5. The number of sulfonamides is 1. The lowest BCUT2D eigenvalue weighted by atomic mass is 10.2. The van der Waals surface area contributed by atoms with E-state index < -0.39 is 21.4 Å². The first-order valence-corrected chi connectivity index (χ1v) is 11.0. The van der Waals surface area contributed by atoms with E-state index in [1.54, 1.807) is 19.1 Å². The fourth-order valence-corrected chi connectivity index (χ4v) is 3.95. The zero-order chi connectivity index (χ0) is 22.9. The maximum absolute atomic E-state index is 12.5. The summed E-state index contributed by atoms with van der Waals surface area (Å²) in [7, 11) is -3.92. The molecule has 4 aromatic rings. The van der Waals surface area contributed by atoms with Gasteiger partial charge in [-0.3, -0.25) is 9.59 Å². The van der Waals surface area contributed by atoms with Crippen molar-refractivity contribution in [3.63, 3.8) is 0 Å². The molecule has 2 heterocycles. The van der Waals surface area contributed by atoms with Crippen LogP contribution < -0.4 is 15.5 Å². The predicted octanol–water partition coefficient (Wildman–Crippen LogP) is 3.60. The number of amides is 1. The van der Waals surface area contributed by atoms with Gasteiger partial charge in [-0.2, -0.15) is 0 Å². The van der Waals surface area contributed by atoms with Gasteiger partial charge in [0.25, 0.3) is 15.9 Å². The first-order valence-electron chi connectivity index (χ1n) is 9.18. The highest BCUT2D eigenvalue weighted by atomic mass is 35.5. The molecule has 0 fully saturated rings. The molecular weight excluding hydrogens is 456 g/mol. The molecule has 0 aliphatic rings. The molecule has 32 heavy (non-hydrogen) atoms. The van der Waals surface area contributed by atoms with Crippen LogP contribution in [-0.2, 0) is 10.0 Å². The lowest BCUT2D eigenvalue weighted by Gasteiger charge is -2.09. The summed E-state index contributed by atoms with van der Waals surface area (Å²) in [5.41, 5.74) is 0.724. The van der Waals surface area contributed by atoms with Gasteiger partial charge in [0.1, 0.15) is 5.58 Å². The predicted molar refractivity (Wildman–Crippen MR) is 119 cm³/mol. The van der Waals surface area contributed by atoms with Crippen molar-refractivity contribution in [2.45, 2.75) is 11.8 Å². The third-order valence-corrected chi connectivity index (χ3v) is 5.94. The summed E-state index contributed by atoms with van der Waals surface area (Å²) in [6.45, 7) is 1.71. The molecule has 0 saturated carbocycles. The van der Waals surface area contributed by atoms with Crippen LogP contribution in [-0.4, -0.2) is 24.3 Å². The van der Waals surface area contributed by atoms with Crippen molar-refractivity contribution in [2.75, 3.05) is 10.0 Å². The van der Waals surface area contributed by atoms with Crippen LogP contribution in [0.1, 0.15) is 16.2 Å². The average Bonchev–Trinajstić information content (AvgIpc) is 2.74. The smallest absolute Gasteiger partial charge is 0.291 e. The zero-order valence-electron chi connectivity index (χ0n) is 16.5. The van der Waals surface area contributed by atoms with Crippen LogP contribution in [0.2, 0.25) is 5.02 Å². The summed E-state index contributed by atoms with van der Waals surface area (Å²) in [6.07, 6.45) is 1.44. The highest BCUT2D eigenvalue weighted by Gasteiger charge is 2.17. The lowest BCUT2D eigenvalue weighted by Crippen LogP contribution is -2.16. The van der Waals surface area contributed by atoms with Gasteiger partial charge in [0, 0.05) is 28.7 Å². The third kappa shape index (κ3) is 4.61. The number of aryl methyl sites for hydroxylation is 1. The van der Waals surface area contributed by atoms with Gasteiger partial charge < -0.3 is 9.73 Å². The SMILES string of the molecule is Cc1ccnc(NS(=O)(=O)c2ccc(NC(=O)c3cc(=O)c4cc(Cl)ccc4o3)cc2)n1. The van der Waals surface area contributed by atoms with Crippen LogP contribution in [0.4, 0.5) is 11.6 Å². The van der Waals surface area contributed by atoms with Crippen LogP contribution >= 0.6 is 11.6 Å². The van der Waals surface area contributed by atoms with Crippen molar-refractivity contribution in [3.05, 3.63) is 87.5 Å². The van der Waals surface area contributed by atoms with E-state index in [9.17, 15) is 18.0 Å². The zero-order valence-corrected chi connectivity index (χ0v) is 18.1. The van der Waals surface area contributed by atoms with Gasteiger partial charge >= 0.3 is 0 Å². The summed E-state index contributed by atoms with van der Waals surface area (Å²) < 4.78 is 32.8. The molecule has 4 rings (SSSR count). The maximum atomic E-state index is 12.5. The van der Waals surface area contributed by atoms with Crippen molar-refractivity contribution in [3.8, 4) is 0 Å². The fraction of sp³-hybridized carbons (Fsp3) is 0.0476. The third-order valence-electron chi connectivity index (χ3n) is 4.36. The summed E-state index contributed by atoms with van der Waals surface area (Å²) in [5.74, 6) is -0.907. The van der Waals surface area contributed by atoms with Crippen molar-refractivity contribution in [1.82, 2.24) is 9.97 Å². The lowest BCUT2D eigenvalue weighted by molar-refractivity contribution is 0.0997. The first kappa shape index (κ1) is 21.5. The highest BCUT2D eigenvalue weighted by molar-refractivity contribution is 7.92. The van der Waals surface area contributed by atoms with Gasteiger partial charge in [-0.25, -0.2) is 23.1 Å². The number of aromatic nitrogens is 2. The number of nitrogens with zero attached hydrogens (tertiary/aromatic N) is 2. The molecule has 2 aromatic heterocycles. The van der Waals surface area contributed by atoms with Crippen LogP contribution in [0.3, 0.4) is 0 Å². The fourth-order valence-electron chi connectivity index (χ4n) is 2.83. The van der Waals surface area contributed by atoms with Crippen molar-refractivity contribution < 1.29 is 17.6 Å². The van der Waals surface area contributed by atoms with Crippen LogP contribution in [0.15, 0.2) is 74.9 Å². The number of fused-ring (bicyclic) bond motifs is 1. The Balaban J connectivity index is 1.52. The number of carbonyl (C=O) groups is 1. The number of halogens is 1. The van der Waals surface area contributed by atoms with Gasteiger partial charge in [-0.1, -0.05) is 11.6 Å². The minimum Gasteiger partial charge on any atom is -0.451 e. The molecule has 0 unspecified atom stereocenters. The number of carbonyl (C=O) groups excluding carboxylic acids is 1. The second-order valence-corrected chi connectivity index (χ2v) is 8.84. The molecular formula is C21H15ClN4O5S. The molecule has 0 aliphatic heterocycles. The van der Waals surface area contributed by atoms with Gasteiger partial charge in [0.05, 0.1) is 10.3 Å².